The molecule has 4 heterocycles. The maximum absolute atomic E-state index is 11.3. The summed E-state index contributed by atoms with van der Waals surface area (Å²) in [6.07, 6.45) is -10.8. The second-order valence-electron chi connectivity index (χ2n) is 13.4. The van der Waals surface area contributed by atoms with E-state index in [1.54, 1.807) is 76.2 Å². The smallest absolute Gasteiger partial charge is 0.405 e. The molecule has 54 heavy (non-hydrogen) atoms. The van der Waals surface area contributed by atoms with Gasteiger partial charge in [-0.1, -0.05) is 0 Å². The molecule has 4 aromatic rings. The first-order valence-corrected chi connectivity index (χ1v) is 16.5. The fraction of sp³-hybridized carbons (Fsp3) is 0.444. The predicted molar refractivity (Wildman–Crippen MR) is 187 cm³/mol. The molecule has 6 rings (SSSR count). The van der Waals surface area contributed by atoms with Crippen molar-refractivity contribution in [2.24, 2.45) is 11.5 Å². The van der Waals surface area contributed by atoms with Crippen LogP contribution in [0.25, 0.3) is 21.9 Å². The Balaban J connectivity index is 0.000000208. The molecule has 0 saturated carbocycles. The van der Waals surface area contributed by atoms with Crippen molar-refractivity contribution < 1.29 is 66.5 Å². The number of benzene rings is 2. The van der Waals surface area contributed by atoms with Gasteiger partial charge in [-0.15, -0.1) is 0 Å². The van der Waals surface area contributed by atoms with Crippen molar-refractivity contribution in [3.05, 3.63) is 81.5 Å². The lowest BCUT2D eigenvalue weighted by Crippen LogP contribution is -2.65. The number of hydrogen-bond donors (Lipinski definition) is 4. The molecular formula is C36H42N2O16. The van der Waals surface area contributed by atoms with Crippen LogP contribution < -0.4 is 32.2 Å². The Hall–Kier alpha value is -5.24. The highest BCUT2D eigenvalue weighted by Crippen LogP contribution is 2.36. The third-order valence-electron chi connectivity index (χ3n) is 8.74. The monoisotopic (exact) mass is 758 g/mol. The summed E-state index contributed by atoms with van der Waals surface area (Å²) in [4.78, 5) is 45.1. The number of fused-ring (bicyclic) bond motifs is 2. The maximum Gasteiger partial charge on any atom is 0.405 e. The van der Waals surface area contributed by atoms with Crippen LogP contribution in [0.15, 0.2) is 79.1 Å². The number of aliphatic hydroxyl groups is 2. The normalized spacial score (nSPS) is 27.3. The molecule has 18 heteroatoms. The summed E-state index contributed by atoms with van der Waals surface area (Å²) in [5.74, 6) is 0.725. The van der Waals surface area contributed by atoms with Crippen molar-refractivity contribution in [3.8, 4) is 11.5 Å². The van der Waals surface area contributed by atoms with Gasteiger partial charge in [0.25, 0.3) is 0 Å². The van der Waals surface area contributed by atoms with Gasteiger partial charge in [-0.25, -0.2) is 19.2 Å². The van der Waals surface area contributed by atoms with E-state index in [1.807, 2.05) is 0 Å². The van der Waals surface area contributed by atoms with Crippen molar-refractivity contribution in [1.82, 2.24) is 0 Å². The van der Waals surface area contributed by atoms with Crippen molar-refractivity contribution in [2.75, 3.05) is 14.2 Å². The number of nitrogens with two attached hydrogens (primary N) is 2. The molecule has 2 saturated heterocycles. The van der Waals surface area contributed by atoms with Gasteiger partial charge in [-0.05, 0) is 76.2 Å². The number of carbonyl (C=O) groups is 2. The lowest BCUT2D eigenvalue weighted by molar-refractivity contribution is -0.304. The van der Waals surface area contributed by atoms with Crippen LogP contribution in [0.2, 0.25) is 0 Å². The van der Waals surface area contributed by atoms with Gasteiger partial charge in [0.2, 0.25) is 12.6 Å². The predicted octanol–water partition coefficient (Wildman–Crippen LogP) is 2.29. The molecule has 0 radical (unpaired) electrons. The summed E-state index contributed by atoms with van der Waals surface area (Å²) in [6.45, 7) is 6.87. The molecule has 0 bridgehead atoms. The molecule has 2 fully saturated rings. The van der Waals surface area contributed by atoms with Gasteiger partial charge in [0.15, 0.2) is 18.3 Å². The van der Waals surface area contributed by atoms with Gasteiger partial charge in [-0.2, -0.15) is 0 Å². The van der Waals surface area contributed by atoms with Crippen LogP contribution in [-0.4, -0.2) is 97.0 Å². The van der Waals surface area contributed by atoms with Gasteiger partial charge in [0.05, 0.1) is 11.2 Å². The highest BCUT2D eigenvalue weighted by molar-refractivity contribution is 5.78. The standard InChI is InChI=1S/2C18H21NO8/c1-18(2)15(23-3)14(26-17(19)22)13(21)16(27-18)24-10-5-6-11-9(8-10)4-7-12(20)25-11;1-18(2)15(23-3)13(21)14(26-17(19)22)16(27-18)24-10-5-6-11-9(8-10)4-7-12(20)25-11/h2*4-8,13-16,21H,1-3H3,(H2,19,22)/t13-,14?,15+,16?;13?,14-,15+,16?/m00/s1. The second-order valence-corrected chi connectivity index (χ2v) is 13.4. The molecule has 292 valence electrons. The summed E-state index contributed by atoms with van der Waals surface area (Å²) >= 11 is 0. The average molecular weight is 759 g/mol. The first kappa shape index (κ1) is 40.0. The third kappa shape index (κ3) is 8.92. The number of rotatable bonds is 8. The van der Waals surface area contributed by atoms with Crippen LogP contribution in [0.5, 0.6) is 11.5 Å². The summed E-state index contributed by atoms with van der Waals surface area (Å²) in [7, 11) is 2.83. The van der Waals surface area contributed by atoms with Gasteiger partial charge >= 0.3 is 23.4 Å². The first-order chi connectivity index (χ1) is 25.4. The molecule has 4 unspecified atom stereocenters. The maximum atomic E-state index is 11.3. The van der Waals surface area contributed by atoms with Crippen LogP contribution in [0, 0.1) is 0 Å². The zero-order valence-electron chi connectivity index (χ0n) is 30.2. The Morgan fingerprint density at radius 3 is 1.56 bits per heavy atom. The minimum absolute atomic E-state index is 0.360. The van der Waals surface area contributed by atoms with Crippen LogP contribution in [0.3, 0.4) is 0 Å². The molecule has 0 aliphatic carbocycles. The van der Waals surface area contributed by atoms with Gasteiger partial charge in [0.1, 0.15) is 41.0 Å². The molecule has 2 aliphatic heterocycles. The summed E-state index contributed by atoms with van der Waals surface area (Å²) in [5, 5.41) is 22.5. The van der Waals surface area contributed by atoms with Crippen LogP contribution >= 0.6 is 0 Å². The Morgan fingerprint density at radius 1 is 0.630 bits per heavy atom. The zero-order chi connectivity index (χ0) is 39.5. The minimum atomic E-state index is -1.35. The van der Waals surface area contributed by atoms with E-state index in [9.17, 15) is 29.4 Å². The van der Waals surface area contributed by atoms with Gasteiger partial charge < -0.3 is 68.4 Å². The van der Waals surface area contributed by atoms with E-state index in [-0.39, 0.29) is 0 Å². The number of ether oxygens (including phenoxy) is 8. The van der Waals surface area contributed by atoms with E-state index in [0.717, 1.165) is 0 Å². The fourth-order valence-electron chi connectivity index (χ4n) is 6.41. The van der Waals surface area contributed by atoms with Gasteiger partial charge in [-0.3, -0.25) is 0 Å². The SMILES string of the molecule is CO[C@@H]1C(O)[C@H](OC(N)=O)C(Oc2ccc3oc(=O)ccc3c2)OC1(C)C.CO[C@@H]1C(OC(N)=O)[C@H](O)C(Oc2ccc3oc(=O)ccc3c2)OC1(C)C. The lowest BCUT2D eigenvalue weighted by atomic mass is 9.89. The highest BCUT2D eigenvalue weighted by Gasteiger charge is 2.54. The largest absolute Gasteiger partial charge is 0.462 e. The van der Waals surface area contributed by atoms with E-state index in [4.69, 9.17) is 58.2 Å². The highest BCUT2D eigenvalue weighted by atomic mass is 16.7. The number of carbonyl (C=O) groups excluding carboxylic acids is 2. The number of hydrogen-bond acceptors (Lipinski definition) is 16. The molecule has 2 aliphatic rings. The molecule has 0 spiro atoms. The molecule has 2 aromatic carbocycles. The van der Waals surface area contributed by atoms with E-state index < -0.39 is 83.8 Å². The van der Waals surface area contributed by atoms with Crippen LogP contribution in [0.4, 0.5) is 9.59 Å². The zero-order valence-corrected chi connectivity index (χ0v) is 30.2. The molecule has 18 nitrogen and oxygen atoms in total. The quantitative estimate of drug-likeness (QED) is 0.188. The Bertz CT molecular complexity index is 2080. The lowest BCUT2D eigenvalue weighted by Gasteiger charge is -2.47. The van der Waals surface area contributed by atoms with Crippen molar-refractivity contribution in [3.63, 3.8) is 0 Å². The van der Waals surface area contributed by atoms with E-state index in [0.29, 0.717) is 33.4 Å². The van der Waals surface area contributed by atoms with E-state index in [1.165, 1.54) is 26.4 Å². The third-order valence-corrected chi connectivity index (χ3v) is 8.74. The molecule has 6 N–H and O–H groups in total. The van der Waals surface area contributed by atoms with Crippen LogP contribution in [0.1, 0.15) is 27.7 Å². The minimum Gasteiger partial charge on any atom is -0.462 e. The van der Waals surface area contributed by atoms with Crippen LogP contribution in [-0.2, 0) is 28.4 Å². The van der Waals surface area contributed by atoms with Gasteiger partial charge in [0, 0.05) is 37.1 Å². The molecule has 2 amide bonds. The molecule has 8 atom stereocenters. The fourth-order valence-corrected chi connectivity index (χ4v) is 6.41. The van der Waals surface area contributed by atoms with E-state index in [2.05, 4.69) is 0 Å². The number of primary amides is 2. The number of aliphatic hydroxyl groups excluding tert-OH is 2. The topological polar surface area (TPSA) is 261 Å². The molecule has 2 aromatic heterocycles. The summed E-state index contributed by atoms with van der Waals surface area (Å²) < 4.78 is 54.1. The summed E-state index contributed by atoms with van der Waals surface area (Å²) in [5.41, 5.74) is 8.24. The first-order valence-electron chi connectivity index (χ1n) is 16.5. The number of methoxy groups -OCH3 is 2. The second kappa shape index (κ2) is 16.0. The summed E-state index contributed by atoms with van der Waals surface area (Å²) in [6, 6.07) is 15.3. The number of amides is 2. The van der Waals surface area contributed by atoms with E-state index >= 15 is 0 Å². The van der Waals surface area contributed by atoms with Crippen molar-refractivity contribution in [1.29, 1.82) is 0 Å². The Morgan fingerprint density at radius 2 is 1.07 bits per heavy atom. The van der Waals surface area contributed by atoms with Crippen molar-refractivity contribution in [2.45, 2.75) is 88.1 Å². The molecular weight excluding hydrogens is 716 g/mol. The van der Waals surface area contributed by atoms with Crippen molar-refractivity contribution >= 4 is 34.1 Å². The Labute approximate surface area is 307 Å². The Kier molecular flexibility index (Phi) is 11.8. The average Bonchev–Trinajstić information content (AvgIpc) is 3.08.